The molecule has 5 nitrogen and oxygen atoms in total. The minimum Gasteiger partial charge on any atom is -0.494 e. The molecule has 1 fully saturated rings. The van der Waals surface area contributed by atoms with Gasteiger partial charge in [0.1, 0.15) is 11.3 Å². The highest BCUT2D eigenvalue weighted by Gasteiger charge is 2.25. The zero-order valence-electron chi connectivity index (χ0n) is 10.5. The molecule has 2 rings (SSSR count). The maximum Gasteiger partial charge on any atom is 0.263 e. The van der Waals surface area contributed by atoms with E-state index in [1.165, 1.54) is 6.08 Å². The van der Waals surface area contributed by atoms with Gasteiger partial charge in [0, 0.05) is 5.02 Å². The highest BCUT2D eigenvalue weighted by Crippen LogP contribution is 2.23. The first-order valence-electron chi connectivity index (χ1n) is 5.81. The summed E-state index contributed by atoms with van der Waals surface area (Å²) in [5, 5.41) is 5.18. The second-order valence-corrected chi connectivity index (χ2v) is 4.79. The van der Waals surface area contributed by atoms with E-state index in [-0.39, 0.29) is 10.7 Å². The lowest BCUT2D eigenvalue weighted by atomic mass is 10.1. The van der Waals surface area contributed by atoms with Crippen molar-refractivity contribution in [2.24, 2.45) is 0 Å². The molecule has 1 saturated heterocycles. The topological polar surface area (TPSA) is 67.4 Å². The van der Waals surface area contributed by atoms with Crippen LogP contribution in [0.2, 0.25) is 5.02 Å². The van der Waals surface area contributed by atoms with Crippen LogP contribution in [0.5, 0.6) is 5.75 Å². The quantitative estimate of drug-likeness (QED) is 0.506. The van der Waals surface area contributed by atoms with E-state index in [9.17, 15) is 9.59 Å². The SMILES string of the molecule is CCOc1cc(Cl)cc(C=C2C(=O)NC(=S)NC2=O)c1. The van der Waals surface area contributed by atoms with E-state index in [1.807, 2.05) is 6.92 Å². The second-order valence-electron chi connectivity index (χ2n) is 3.95. The zero-order chi connectivity index (χ0) is 14.7. The summed E-state index contributed by atoms with van der Waals surface area (Å²) in [7, 11) is 0. The van der Waals surface area contributed by atoms with Crippen molar-refractivity contribution in [2.45, 2.75) is 6.92 Å². The number of ether oxygens (including phenoxy) is 1. The fourth-order valence-corrected chi connectivity index (χ4v) is 2.11. The molecule has 0 aliphatic carbocycles. The van der Waals surface area contributed by atoms with Crippen LogP contribution in [0.25, 0.3) is 6.08 Å². The van der Waals surface area contributed by atoms with Crippen molar-refractivity contribution in [3.8, 4) is 5.75 Å². The third-order valence-electron chi connectivity index (χ3n) is 2.46. The summed E-state index contributed by atoms with van der Waals surface area (Å²) in [4.78, 5) is 23.4. The predicted molar refractivity (Wildman–Crippen MR) is 79.5 cm³/mol. The molecule has 20 heavy (non-hydrogen) atoms. The van der Waals surface area contributed by atoms with Crippen molar-refractivity contribution >= 4 is 46.8 Å². The molecule has 1 aromatic rings. The smallest absolute Gasteiger partial charge is 0.263 e. The molecule has 0 unspecified atom stereocenters. The summed E-state index contributed by atoms with van der Waals surface area (Å²) < 4.78 is 5.35. The van der Waals surface area contributed by atoms with Gasteiger partial charge in [0.2, 0.25) is 0 Å². The van der Waals surface area contributed by atoms with Gasteiger partial charge in [0.05, 0.1) is 6.61 Å². The first-order chi connectivity index (χ1) is 9.49. The van der Waals surface area contributed by atoms with Gasteiger partial charge in [-0.05, 0) is 49.0 Å². The Hall–Kier alpha value is -1.92. The zero-order valence-corrected chi connectivity index (χ0v) is 12.1. The molecule has 0 aromatic heterocycles. The van der Waals surface area contributed by atoms with E-state index >= 15 is 0 Å². The Labute approximate surface area is 125 Å². The monoisotopic (exact) mass is 310 g/mol. The fraction of sp³-hybridized carbons (Fsp3) is 0.154. The number of rotatable bonds is 3. The second kappa shape index (κ2) is 6.02. The third kappa shape index (κ3) is 3.34. The van der Waals surface area contributed by atoms with Crippen LogP contribution in [0, 0.1) is 0 Å². The minimum atomic E-state index is -0.545. The average molecular weight is 311 g/mol. The molecular formula is C13H11ClN2O3S. The van der Waals surface area contributed by atoms with Crippen LogP contribution >= 0.6 is 23.8 Å². The molecule has 1 aliphatic rings. The van der Waals surface area contributed by atoms with E-state index in [4.69, 9.17) is 28.6 Å². The van der Waals surface area contributed by atoms with Gasteiger partial charge >= 0.3 is 0 Å². The summed E-state index contributed by atoms with van der Waals surface area (Å²) in [5.41, 5.74) is 0.553. The molecule has 0 bridgehead atoms. The van der Waals surface area contributed by atoms with Crippen molar-refractivity contribution < 1.29 is 14.3 Å². The number of amides is 2. The van der Waals surface area contributed by atoms with Gasteiger partial charge in [-0.1, -0.05) is 11.6 Å². The molecule has 0 spiro atoms. The fourth-order valence-electron chi connectivity index (χ4n) is 1.69. The molecule has 2 N–H and O–H groups in total. The number of benzene rings is 1. The van der Waals surface area contributed by atoms with Crippen LogP contribution in [0.4, 0.5) is 0 Å². The lowest BCUT2D eigenvalue weighted by Gasteiger charge is -2.16. The molecule has 0 radical (unpaired) electrons. The largest absolute Gasteiger partial charge is 0.494 e. The number of nitrogens with one attached hydrogen (secondary N) is 2. The summed E-state index contributed by atoms with van der Waals surface area (Å²) in [6.07, 6.45) is 1.43. The van der Waals surface area contributed by atoms with Gasteiger partial charge in [-0.2, -0.15) is 0 Å². The van der Waals surface area contributed by atoms with Gasteiger partial charge < -0.3 is 4.74 Å². The number of hydrogen-bond donors (Lipinski definition) is 2. The number of thiocarbonyl (C=S) groups is 1. The van der Waals surface area contributed by atoms with Crippen molar-refractivity contribution in [1.82, 2.24) is 10.6 Å². The molecule has 1 heterocycles. The average Bonchev–Trinajstić information content (AvgIpc) is 2.33. The number of hydrogen-bond acceptors (Lipinski definition) is 4. The van der Waals surface area contributed by atoms with Crippen LogP contribution in [0.1, 0.15) is 12.5 Å². The van der Waals surface area contributed by atoms with Crippen LogP contribution in [0.15, 0.2) is 23.8 Å². The first kappa shape index (κ1) is 14.5. The van der Waals surface area contributed by atoms with Crippen molar-refractivity contribution in [1.29, 1.82) is 0 Å². The Morgan fingerprint density at radius 1 is 1.25 bits per heavy atom. The highest BCUT2D eigenvalue weighted by atomic mass is 35.5. The summed E-state index contributed by atoms with van der Waals surface area (Å²) in [6, 6.07) is 4.98. The summed E-state index contributed by atoms with van der Waals surface area (Å²) in [6.45, 7) is 2.34. The van der Waals surface area contributed by atoms with Gasteiger partial charge in [0.25, 0.3) is 11.8 Å². The number of carbonyl (C=O) groups is 2. The van der Waals surface area contributed by atoms with Crippen molar-refractivity contribution in [3.05, 3.63) is 34.4 Å². The summed E-state index contributed by atoms with van der Waals surface area (Å²) in [5.74, 6) is -0.521. The maximum atomic E-state index is 11.7. The van der Waals surface area contributed by atoms with Gasteiger partial charge in [0.15, 0.2) is 5.11 Å². The molecule has 1 aliphatic heterocycles. The van der Waals surface area contributed by atoms with Gasteiger partial charge in [-0.25, -0.2) is 0 Å². The molecular weight excluding hydrogens is 300 g/mol. The van der Waals surface area contributed by atoms with E-state index < -0.39 is 11.8 Å². The van der Waals surface area contributed by atoms with E-state index in [0.29, 0.717) is 22.9 Å². The van der Waals surface area contributed by atoms with Crippen molar-refractivity contribution in [2.75, 3.05) is 6.61 Å². The molecule has 104 valence electrons. The number of carbonyl (C=O) groups excluding carboxylic acids is 2. The van der Waals surface area contributed by atoms with E-state index in [2.05, 4.69) is 10.6 Å². The lowest BCUT2D eigenvalue weighted by molar-refractivity contribution is -0.123. The van der Waals surface area contributed by atoms with Crippen LogP contribution in [0.3, 0.4) is 0 Å². The van der Waals surface area contributed by atoms with E-state index in [0.717, 1.165) is 0 Å². The Bertz CT molecular complexity index is 606. The van der Waals surface area contributed by atoms with Crippen molar-refractivity contribution in [3.63, 3.8) is 0 Å². The maximum absolute atomic E-state index is 11.7. The van der Waals surface area contributed by atoms with Crippen LogP contribution in [-0.2, 0) is 9.59 Å². The molecule has 7 heteroatoms. The van der Waals surface area contributed by atoms with Crippen LogP contribution in [-0.4, -0.2) is 23.5 Å². The first-order valence-corrected chi connectivity index (χ1v) is 6.60. The predicted octanol–water partition coefficient (Wildman–Crippen LogP) is 1.65. The highest BCUT2D eigenvalue weighted by molar-refractivity contribution is 7.80. The normalized spacial score (nSPS) is 14.7. The van der Waals surface area contributed by atoms with Crippen LogP contribution < -0.4 is 15.4 Å². The number of halogens is 1. The van der Waals surface area contributed by atoms with Gasteiger partial charge in [-0.15, -0.1) is 0 Å². The molecule has 0 saturated carbocycles. The Balaban J connectivity index is 2.36. The lowest BCUT2D eigenvalue weighted by Crippen LogP contribution is -2.51. The van der Waals surface area contributed by atoms with E-state index in [1.54, 1.807) is 18.2 Å². The Morgan fingerprint density at radius 3 is 2.50 bits per heavy atom. The molecule has 1 aromatic carbocycles. The molecule has 0 atom stereocenters. The standard InChI is InChI=1S/C13H11ClN2O3S/c1-2-19-9-4-7(3-8(14)6-9)5-10-11(17)15-13(20)16-12(10)18/h3-6H,2H2,1H3,(H2,15,16,17,18,20). The van der Waals surface area contributed by atoms with Gasteiger partial charge in [-0.3, -0.25) is 20.2 Å². The Kier molecular flexibility index (Phi) is 4.36. The minimum absolute atomic E-state index is 0.00162. The molecule has 2 amide bonds. The Morgan fingerprint density at radius 2 is 1.90 bits per heavy atom. The third-order valence-corrected chi connectivity index (χ3v) is 2.88. The summed E-state index contributed by atoms with van der Waals surface area (Å²) >= 11 is 10.7.